The maximum absolute atomic E-state index is 13.1. The fourth-order valence-electron chi connectivity index (χ4n) is 2.37. The average molecular weight is 285 g/mol. The Balaban J connectivity index is 2.47. The van der Waals surface area contributed by atoms with Crippen molar-refractivity contribution in [1.29, 1.82) is 0 Å². The van der Waals surface area contributed by atoms with Crippen molar-refractivity contribution in [1.82, 2.24) is 5.32 Å². The van der Waals surface area contributed by atoms with Crippen LogP contribution in [0.15, 0.2) is 36.0 Å². The second kappa shape index (κ2) is 5.56. The highest BCUT2D eigenvalue weighted by Gasteiger charge is 2.37. The molecule has 0 radical (unpaired) electrons. The third kappa shape index (κ3) is 2.79. The number of nitrogens with one attached hydrogen (secondary N) is 1. The summed E-state index contributed by atoms with van der Waals surface area (Å²) in [5.74, 6) is -1.22. The molecule has 1 N–H and O–H groups in total. The lowest BCUT2D eigenvalue weighted by atomic mass is 9.84. The Morgan fingerprint density at radius 2 is 2.05 bits per heavy atom. The molecule has 0 amide bonds. The molecule has 1 unspecified atom stereocenters. The fourth-order valence-corrected chi connectivity index (χ4v) is 2.37. The SMILES string of the molecule is COC(=O)C1=CNCCC1c1ccccc1C(F)(F)F. The zero-order chi connectivity index (χ0) is 14.8. The Hall–Kier alpha value is -1.98. The summed E-state index contributed by atoms with van der Waals surface area (Å²) in [6, 6.07) is 5.33. The van der Waals surface area contributed by atoms with Gasteiger partial charge in [-0.15, -0.1) is 0 Å². The maximum Gasteiger partial charge on any atom is 0.416 e. The van der Waals surface area contributed by atoms with Crippen LogP contribution in [0, 0.1) is 0 Å². The molecule has 1 aliphatic heterocycles. The predicted molar refractivity (Wildman–Crippen MR) is 66.9 cm³/mol. The summed E-state index contributed by atoms with van der Waals surface area (Å²) in [7, 11) is 1.21. The summed E-state index contributed by atoms with van der Waals surface area (Å²) in [4.78, 5) is 11.7. The van der Waals surface area contributed by atoms with Crippen molar-refractivity contribution in [3.05, 3.63) is 47.2 Å². The van der Waals surface area contributed by atoms with Gasteiger partial charge in [0.1, 0.15) is 0 Å². The van der Waals surface area contributed by atoms with Crippen molar-refractivity contribution in [3.63, 3.8) is 0 Å². The number of methoxy groups -OCH3 is 1. The molecule has 1 aromatic carbocycles. The minimum Gasteiger partial charge on any atom is -0.466 e. The fraction of sp³-hybridized carbons (Fsp3) is 0.357. The van der Waals surface area contributed by atoms with Crippen LogP contribution in [0.4, 0.5) is 13.2 Å². The monoisotopic (exact) mass is 285 g/mol. The molecule has 1 heterocycles. The second-order valence-corrected chi connectivity index (χ2v) is 4.47. The molecule has 1 aliphatic rings. The molecular weight excluding hydrogens is 271 g/mol. The van der Waals surface area contributed by atoms with Crippen molar-refractivity contribution < 1.29 is 22.7 Å². The van der Waals surface area contributed by atoms with Crippen LogP contribution in [-0.4, -0.2) is 19.6 Å². The lowest BCUT2D eigenvalue weighted by Crippen LogP contribution is -2.27. The highest BCUT2D eigenvalue weighted by atomic mass is 19.4. The Kier molecular flexibility index (Phi) is 4.01. The van der Waals surface area contributed by atoms with E-state index in [0.29, 0.717) is 13.0 Å². The number of hydrogen-bond donors (Lipinski definition) is 1. The first-order valence-electron chi connectivity index (χ1n) is 6.13. The number of rotatable bonds is 2. The Bertz CT molecular complexity index is 537. The molecule has 0 saturated carbocycles. The first-order valence-corrected chi connectivity index (χ1v) is 6.13. The second-order valence-electron chi connectivity index (χ2n) is 4.47. The van der Waals surface area contributed by atoms with Gasteiger partial charge in [-0.3, -0.25) is 0 Å². The Morgan fingerprint density at radius 3 is 2.70 bits per heavy atom. The van der Waals surface area contributed by atoms with Gasteiger partial charge < -0.3 is 10.1 Å². The molecule has 0 bridgehead atoms. The van der Waals surface area contributed by atoms with E-state index in [2.05, 4.69) is 10.1 Å². The van der Waals surface area contributed by atoms with E-state index in [1.807, 2.05) is 0 Å². The van der Waals surface area contributed by atoms with E-state index in [9.17, 15) is 18.0 Å². The third-order valence-corrected chi connectivity index (χ3v) is 3.27. The van der Waals surface area contributed by atoms with E-state index in [0.717, 1.165) is 6.07 Å². The van der Waals surface area contributed by atoms with Crippen LogP contribution in [0.25, 0.3) is 0 Å². The number of carbonyl (C=O) groups is 1. The molecule has 2 rings (SSSR count). The van der Waals surface area contributed by atoms with E-state index in [1.54, 1.807) is 6.07 Å². The van der Waals surface area contributed by atoms with Crippen molar-refractivity contribution in [2.75, 3.05) is 13.7 Å². The quantitative estimate of drug-likeness (QED) is 0.849. The smallest absolute Gasteiger partial charge is 0.416 e. The Labute approximate surface area is 114 Å². The topological polar surface area (TPSA) is 38.3 Å². The zero-order valence-corrected chi connectivity index (χ0v) is 10.8. The Morgan fingerprint density at radius 1 is 1.35 bits per heavy atom. The third-order valence-electron chi connectivity index (χ3n) is 3.27. The van der Waals surface area contributed by atoms with Gasteiger partial charge in [-0.1, -0.05) is 18.2 Å². The normalized spacial score (nSPS) is 19.0. The van der Waals surface area contributed by atoms with E-state index < -0.39 is 23.6 Å². The van der Waals surface area contributed by atoms with Crippen molar-refractivity contribution in [2.24, 2.45) is 0 Å². The maximum atomic E-state index is 13.1. The molecule has 6 heteroatoms. The van der Waals surface area contributed by atoms with E-state index in [4.69, 9.17) is 0 Å². The highest BCUT2D eigenvalue weighted by Crippen LogP contribution is 2.39. The van der Waals surface area contributed by atoms with Crippen LogP contribution in [0.5, 0.6) is 0 Å². The van der Waals surface area contributed by atoms with Crippen molar-refractivity contribution in [2.45, 2.75) is 18.5 Å². The van der Waals surface area contributed by atoms with Gasteiger partial charge in [0.2, 0.25) is 0 Å². The van der Waals surface area contributed by atoms with Gasteiger partial charge in [0.05, 0.1) is 18.2 Å². The summed E-state index contributed by atoms with van der Waals surface area (Å²) in [6.45, 7) is 0.511. The zero-order valence-electron chi connectivity index (χ0n) is 10.8. The molecule has 0 saturated heterocycles. The van der Waals surface area contributed by atoms with Crippen LogP contribution < -0.4 is 5.32 Å². The number of hydrogen-bond acceptors (Lipinski definition) is 3. The summed E-state index contributed by atoms with van der Waals surface area (Å²) in [5.41, 5.74) is -0.379. The molecule has 0 aliphatic carbocycles. The van der Waals surface area contributed by atoms with Gasteiger partial charge in [-0.25, -0.2) is 4.79 Å². The van der Waals surface area contributed by atoms with E-state index in [-0.39, 0.29) is 11.1 Å². The average Bonchev–Trinajstić information content (AvgIpc) is 2.45. The van der Waals surface area contributed by atoms with Crippen LogP contribution in [0.3, 0.4) is 0 Å². The lowest BCUT2D eigenvalue weighted by Gasteiger charge is -2.26. The molecule has 0 aromatic heterocycles. The largest absolute Gasteiger partial charge is 0.466 e. The number of ether oxygens (including phenoxy) is 1. The molecule has 0 spiro atoms. The summed E-state index contributed by atoms with van der Waals surface area (Å²) in [6.07, 6.45) is -2.59. The molecule has 3 nitrogen and oxygen atoms in total. The van der Waals surface area contributed by atoms with Gasteiger partial charge in [-0.05, 0) is 18.1 Å². The lowest BCUT2D eigenvalue weighted by molar-refractivity contribution is -0.139. The van der Waals surface area contributed by atoms with Crippen molar-refractivity contribution in [3.8, 4) is 0 Å². The first-order chi connectivity index (χ1) is 9.45. The van der Waals surface area contributed by atoms with Crippen LogP contribution in [-0.2, 0) is 15.7 Å². The molecule has 1 atom stereocenters. The number of esters is 1. The first kappa shape index (κ1) is 14.4. The minimum absolute atomic E-state index is 0.109. The standard InChI is InChI=1S/C14H14F3NO2/c1-20-13(19)11-8-18-7-6-9(11)10-4-2-3-5-12(10)14(15,16)17/h2-5,8-9,18H,6-7H2,1H3. The van der Waals surface area contributed by atoms with E-state index in [1.165, 1.54) is 25.4 Å². The minimum atomic E-state index is -4.44. The predicted octanol–water partition coefficient (Wildman–Crippen LogP) is 2.84. The number of halogens is 3. The summed E-state index contributed by atoms with van der Waals surface area (Å²) >= 11 is 0. The molecule has 20 heavy (non-hydrogen) atoms. The van der Waals surface area contributed by atoms with Crippen LogP contribution >= 0.6 is 0 Å². The van der Waals surface area contributed by atoms with Gasteiger partial charge in [-0.2, -0.15) is 13.2 Å². The highest BCUT2D eigenvalue weighted by molar-refractivity contribution is 5.90. The molecule has 0 fully saturated rings. The molecular formula is C14H14F3NO2. The van der Waals surface area contributed by atoms with Gasteiger partial charge in [0, 0.05) is 18.7 Å². The van der Waals surface area contributed by atoms with Gasteiger partial charge >= 0.3 is 12.1 Å². The molecule has 1 aromatic rings. The number of benzene rings is 1. The van der Waals surface area contributed by atoms with Gasteiger partial charge in [0.25, 0.3) is 0 Å². The summed E-state index contributed by atoms with van der Waals surface area (Å²) in [5, 5.41) is 2.86. The molecule has 108 valence electrons. The van der Waals surface area contributed by atoms with Crippen molar-refractivity contribution >= 4 is 5.97 Å². The van der Waals surface area contributed by atoms with Crippen LogP contribution in [0.1, 0.15) is 23.5 Å². The van der Waals surface area contributed by atoms with Gasteiger partial charge in [0.15, 0.2) is 0 Å². The van der Waals surface area contributed by atoms with Crippen LogP contribution in [0.2, 0.25) is 0 Å². The summed E-state index contributed by atoms with van der Waals surface area (Å²) < 4.78 is 43.8. The number of carbonyl (C=O) groups excluding carboxylic acids is 1. The van der Waals surface area contributed by atoms with E-state index >= 15 is 0 Å². The number of alkyl halides is 3.